The molecule has 0 atom stereocenters. The zero-order chi connectivity index (χ0) is 32.7. The van der Waals surface area contributed by atoms with Crippen LogP contribution in [0.15, 0.2) is 109 Å². The SMILES string of the molecule is CCc1ccnc(-n2c3ccc(CCC(C)(C)C)cc3c3ccc(Oc4cccc(-n5nc(C)c(-c6ccccc6)c5C)c4)cc32)c1. The molecule has 7 rings (SSSR count). The van der Waals surface area contributed by atoms with Crippen molar-refractivity contribution >= 4 is 21.8 Å². The van der Waals surface area contributed by atoms with E-state index < -0.39 is 0 Å². The molecule has 0 N–H and O–H groups in total. The summed E-state index contributed by atoms with van der Waals surface area (Å²) in [5, 5.41) is 7.35. The van der Waals surface area contributed by atoms with E-state index in [1.807, 2.05) is 29.1 Å². The number of ether oxygens (including phenoxy) is 1. The largest absolute Gasteiger partial charge is 0.457 e. The topological polar surface area (TPSA) is 44.9 Å². The lowest BCUT2D eigenvalue weighted by molar-refractivity contribution is 0.378. The van der Waals surface area contributed by atoms with Gasteiger partial charge in [-0.3, -0.25) is 4.57 Å². The minimum absolute atomic E-state index is 0.288. The van der Waals surface area contributed by atoms with Crippen molar-refractivity contribution in [2.24, 2.45) is 5.41 Å². The first-order chi connectivity index (χ1) is 22.7. The molecular formula is C42H42N4O. The lowest BCUT2D eigenvalue weighted by Gasteiger charge is -2.17. The molecule has 5 heteroatoms. The van der Waals surface area contributed by atoms with Gasteiger partial charge in [0.2, 0.25) is 0 Å². The van der Waals surface area contributed by atoms with Gasteiger partial charge in [-0.15, -0.1) is 0 Å². The molecule has 0 amide bonds. The Kier molecular flexibility index (Phi) is 7.93. The van der Waals surface area contributed by atoms with Gasteiger partial charge in [0.1, 0.15) is 17.3 Å². The molecule has 0 aliphatic heterocycles. The maximum atomic E-state index is 6.57. The van der Waals surface area contributed by atoms with Gasteiger partial charge in [-0.25, -0.2) is 9.67 Å². The van der Waals surface area contributed by atoms with Gasteiger partial charge in [-0.2, -0.15) is 5.10 Å². The maximum absolute atomic E-state index is 6.57. The van der Waals surface area contributed by atoms with Gasteiger partial charge in [-0.05, 0) is 104 Å². The predicted octanol–water partition coefficient (Wildman–Crippen LogP) is 11.0. The second-order valence-electron chi connectivity index (χ2n) is 13.7. The fraction of sp³-hybridized carbons (Fsp3) is 0.238. The number of hydrogen-bond acceptors (Lipinski definition) is 3. The number of pyridine rings is 1. The van der Waals surface area contributed by atoms with Gasteiger partial charge in [0.15, 0.2) is 0 Å². The third-order valence-electron chi connectivity index (χ3n) is 9.06. The summed E-state index contributed by atoms with van der Waals surface area (Å²) in [6.45, 7) is 13.3. The van der Waals surface area contributed by atoms with E-state index in [4.69, 9.17) is 14.8 Å². The van der Waals surface area contributed by atoms with Crippen molar-refractivity contribution in [1.82, 2.24) is 19.3 Å². The van der Waals surface area contributed by atoms with E-state index in [1.54, 1.807) is 0 Å². The molecular weight excluding hydrogens is 576 g/mol. The van der Waals surface area contributed by atoms with E-state index in [9.17, 15) is 0 Å². The zero-order valence-electron chi connectivity index (χ0n) is 28.2. The molecule has 0 unspecified atom stereocenters. The number of benzene rings is 4. The number of fused-ring (bicyclic) bond motifs is 3. The third kappa shape index (κ3) is 6.06. The molecule has 0 bridgehead atoms. The molecule has 0 aliphatic carbocycles. The highest BCUT2D eigenvalue weighted by atomic mass is 16.5. The van der Waals surface area contributed by atoms with E-state index in [1.165, 1.54) is 27.5 Å². The summed E-state index contributed by atoms with van der Waals surface area (Å²) in [4.78, 5) is 4.83. The van der Waals surface area contributed by atoms with E-state index in [0.717, 1.165) is 70.3 Å². The number of aromatic nitrogens is 4. The van der Waals surface area contributed by atoms with Crippen LogP contribution in [0.4, 0.5) is 0 Å². The first-order valence-corrected chi connectivity index (χ1v) is 16.6. The van der Waals surface area contributed by atoms with Gasteiger partial charge in [0, 0.05) is 40.4 Å². The van der Waals surface area contributed by atoms with Crippen LogP contribution >= 0.6 is 0 Å². The molecule has 4 aromatic carbocycles. The van der Waals surface area contributed by atoms with Crippen LogP contribution in [0, 0.1) is 19.3 Å². The molecule has 3 aromatic heterocycles. The molecule has 236 valence electrons. The van der Waals surface area contributed by atoms with Crippen molar-refractivity contribution in [2.75, 3.05) is 0 Å². The van der Waals surface area contributed by atoms with Crippen LogP contribution in [0.1, 0.15) is 56.6 Å². The summed E-state index contributed by atoms with van der Waals surface area (Å²) in [5.74, 6) is 2.45. The summed E-state index contributed by atoms with van der Waals surface area (Å²) < 4.78 is 10.9. The van der Waals surface area contributed by atoms with Crippen molar-refractivity contribution in [1.29, 1.82) is 0 Å². The minimum atomic E-state index is 0.288. The fourth-order valence-corrected chi connectivity index (χ4v) is 6.57. The van der Waals surface area contributed by atoms with Gasteiger partial charge in [0.05, 0.1) is 22.4 Å². The smallest absolute Gasteiger partial charge is 0.137 e. The summed E-state index contributed by atoms with van der Waals surface area (Å²) in [6.07, 6.45) is 5.06. The number of rotatable bonds is 8. The summed E-state index contributed by atoms with van der Waals surface area (Å²) >= 11 is 0. The summed E-state index contributed by atoms with van der Waals surface area (Å²) in [7, 11) is 0. The molecule has 7 aromatic rings. The van der Waals surface area contributed by atoms with E-state index in [-0.39, 0.29) is 5.41 Å². The highest BCUT2D eigenvalue weighted by molar-refractivity contribution is 6.09. The van der Waals surface area contributed by atoms with Crippen LogP contribution < -0.4 is 4.74 Å². The Hall–Kier alpha value is -5.16. The second-order valence-corrected chi connectivity index (χ2v) is 13.7. The van der Waals surface area contributed by atoms with Gasteiger partial charge >= 0.3 is 0 Å². The molecule has 0 radical (unpaired) electrons. The predicted molar refractivity (Wildman–Crippen MR) is 194 cm³/mol. The quantitative estimate of drug-likeness (QED) is 0.170. The van der Waals surface area contributed by atoms with Crippen LogP contribution in [0.25, 0.3) is 44.4 Å². The fourth-order valence-electron chi connectivity index (χ4n) is 6.57. The van der Waals surface area contributed by atoms with Crippen molar-refractivity contribution in [3.8, 4) is 34.1 Å². The van der Waals surface area contributed by atoms with E-state index in [2.05, 4.69) is 131 Å². The normalized spacial score (nSPS) is 11.9. The van der Waals surface area contributed by atoms with E-state index in [0.29, 0.717) is 0 Å². The first-order valence-electron chi connectivity index (χ1n) is 16.6. The first kappa shape index (κ1) is 30.5. The molecule has 0 saturated carbocycles. The van der Waals surface area contributed by atoms with Gasteiger partial charge in [-0.1, -0.05) is 70.2 Å². The highest BCUT2D eigenvalue weighted by Crippen LogP contribution is 2.37. The molecule has 0 spiro atoms. The summed E-state index contributed by atoms with van der Waals surface area (Å²) in [5.41, 5.74) is 10.5. The Morgan fingerprint density at radius 1 is 0.723 bits per heavy atom. The Balaban J connectivity index is 1.28. The van der Waals surface area contributed by atoms with Crippen LogP contribution in [-0.2, 0) is 12.8 Å². The lowest BCUT2D eigenvalue weighted by atomic mass is 9.88. The van der Waals surface area contributed by atoms with Crippen molar-refractivity contribution < 1.29 is 4.74 Å². The van der Waals surface area contributed by atoms with Crippen LogP contribution in [0.2, 0.25) is 0 Å². The lowest BCUT2D eigenvalue weighted by Crippen LogP contribution is -2.06. The second kappa shape index (κ2) is 12.2. The number of nitrogens with zero attached hydrogens (tertiary/aromatic N) is 4. The van der Waals surface area contributed by atoms with Crippen molar-refractivity contribution in [3.63, 3.8) is 0 Å². The monoisotopic (exact) mass is 618 g/mol. The molecule has 5 nitrogen and oxygen atoms in total. The standard InChI is InChI=1S/C42H42N4O/c1-7-30-21-23-43-40(25-30)45-38-19-16-31(20-22-42(4,5)6)24-37(38)36-18-17-35(27-39(36)45)47-34-15-11-14-33(26-34)46-29(3)41(28(2)44-46)32-12-9-8-10-13-32/h8-19,21,23-27H,7,20,22H2,1-6H3. The van der Waals surface area contributed by atoms with Crippen molar-refractivity contribution in [2.45, 2.75) is 60.8 Å². The Bertz CT molecular complexity index is 2220. The highest BCUT2D eigenvalue weighted by Gasteiger charge is 2.18. The number of aryl methyl sites for hydroxylation is 3. The average molecular weight is 619 g/mol. The third-order valence-corrected chi connectivity index (χ3v) is 9.06. The molecule has 47 heavy (non-hydrogen) atoms. The Morgan fingerprint density at radius 3 is 2.32 bits per heavy atom. The molecule has 0 saturated heterocycles. The van der Waals surface area contributed by atoms with Crippen molar-refractivity contribution in [3.05, 3.63) is 132 Å². The van der Waals surface area contributed by atoms with Gasteiger partial charge in [0.25, 0.3) is 0 Å². The Morgan fingerprint density at radius 2 is 1.53 bits per heavy atom. The molecule has 0 aliphatic rings. The van der Waals surface area contributed by atoms with E-state index >= 15 is 0 Å². The van der Waals surface area contributed by atoms with Crippen LogP contribution in [0.3, 0.4) is 0 Å². The Labute approximate surface area is 277 Å². The van der Waals surface area contributed by atoms with Gasteiger partial charge < -0.3 is 4.74 Å². The van der Waals surface area contributed by atoms with Crippen LogP contribution in [-0.4, -0.2) is 19.3 Å². The number of hydrogen-bond donors (Lipinski definition) is 0. The van der Waals surface area contributed by atoms with Crippen LogP contribution in [0.5, 0.6) is 11.5 Å². The average Bonchev–Trinajstić information content (AvgIpc) is 3.56. The molecule has 0 fully saturated rings. The minimum Gasteiger partial charge on any atom is -0.457 e. The molecule has 3 heterocycles. The zero-order valence-corrected chi connectivity index (χ0v) is 28.2. The summed E-state index contributed by atoms with van der Waals surface area (Å²) in [6, 6.07) is 36.2. The maximum Gasteiger partial charge on any atom is 0.137 e.